The monoisotopic (exact) mass is 223 g/mol. The molecule has 82 valence electrons. The van der Waals surface area contributed by atoms with Gasteiger partial charge in [-0.25, -0.2) is 0 Å². The first-order valence-electron chi connectivity index (χ1n) is 5.38. The highest BCUT2D eigenvalue weighted by atomic mass is 15.7. The summed E-state index contributed by atoms with van der Waals surface area (Å²) in [5, 5.41) is 8.46. The molecule has 0 atom stereocenters. The van der Waals surface area contributed by atoms with Gasteiger partial charge < -0.3 is 0 Å². The molecule has 1 aromatic heterocycles. The van der Waals surface area contributed by atoms with Crippen LogP contribution in [0.4, 0.5) is 0 Å². The Hall–Kier alpha value is -2.49. The smallest absolute Gasteiger partial charge is 0.0621 e. The Kier molecular flexibility index (Phi) is 2.38. The Morgan fingerprint density at radius 3 is 2.18 bits per heavy atom. The number of hydrogen-bond donors (Lipinski definition) is 0. The van der Waals surface area contributed by atoms with Crippen molar-refractivity contribution in [1.29, 1.82) is 0 Å². The van der Waals surface area contributed by atoms with Gasteiger partial charge in [-0.05, 0) is 34.2 Å². The Bertz CT molecular complexity index is 548. The van der Waals surface area contributed by atoms with Crippen LogP contribution in [0.2, 0.25) is 0 Å². The lowest BCUT2D eigenvalue weighted by molar-refractivity contribution is -0.735. The summed E-state index contributed by atoms with van der Waals surface area (Å²) in [7, 11) is 0. The number of hydrogen-bond acceptors (Lipinski definition) is 2. The van der Waals surface area contributed by atoms with Gasteiger partial charge >= 0.3 is 0 Å². The van der Waals surface area contributed by atoms with E-state index in [0.717, 1.165) is 11.4 Å². The zero-order valence-corrected chi connectivity index (χ0v) is 9.14. The lowest BCUT2D eigenvalue weighted by Crippen LogP contribution is -2.43. The molecule has 3 rings (SSSR count). The number of nitrogens with zero attached hydrogens (tertiary/aromatic N) is 4. The highest BCUT2D eigenvalue weighted by molar-refractivity contribution is 5.28. The third kappa shape index (κ3) is 1.80. The second-order valence-electron chi connectivity index (χ2n) is 3.60. The molecule has 0 aliphatic rings. The van der Waals surface area contributed by atoms with Gasteiger partial charge in [0, 0.05) is 4.80 Å². The van der Waals surface area contributed by atoms with Crippen molar-refractivity contribution < 1.29 is 4.80 Å². The average molecular weight is 223 g/mol. The van der Waals surface area contributed by atoms with Crippen LogP contribution in [0.3, 0.4) is 0 Å². The molecule has 4 heteroatoms. The van der Waals surface area contributed by atoms with Gasteiger partial charge in [0.2, 0.25) is 0 Å². The molecule has 3 aromatic rings. The van der Waals surface area contributed by atoms with E-state index in [0.29, 0.717) is 0 Å². The largest absolute Gasteiger partial charge is 0.297 e. The van der Waals surface area contributed by atoms with Crippen LogP contribution in [-0.4, -0.2) is 15.0 Å². The minimum Gasteiger partial charge on any atom is -0.0621 e. The number of benzene rings is 2. The lowest BCUT2D eigenvalue weighted by Gasteiger charge is -1.98. The van der Waals surface area contributed by atoms with Crippen LogP contribution in [0.25, 0.3) is 11.4 Å². The minimum atomic E-state index is 0.980. The van der Waals surface area contributed by atoms with Crippen molar-refractivity contribution in [2.45, 2.75) is 0 Å². The Morgan fingerprint density at radius 1 is 0.824 bits per heavy atom. The van der Waals surface area contributed by atoms with E-state index in [1.807, 2.05) is 60.7 Å². The standard InChI is InChI=1S/C13H11N4/c1-3-7-12(8-4-1)16-14-11-15-17(16)13-9-5-2-6-10-13/h1-11H/q+1. The Morgan fingerprint density at radius 2 is 1.47 bits per heavy atom. The molecular formula is C13H11N4+. The molecule has 0 fully saturated rings. The molecule has 4 nitrogen and oxygen atoms in total. The summed E-state index contributed by atoms with van der Waals surface area (Å²) in [6, 6.07) is 19.8. The quantitative estimate of drug-likeness (QED) is 0.618. The highest BCUT2D eigenvalue weighted by Crippen LogP contribution is 2.03. The summed E-state index contributed by atoms with van der Waals surface area (Å²) in [6.45, 7) is 0. The van der Waals surface area contributed by atoms with Crippen molar-refractivity contribution in [3.8, 4) is 11.4 Å². The molecule has 0 aliphatic heterocycles. The lowest BCUT2D eigenvalue weighted by atomic mass is 10.3. The molecule has 0 saturated carbocycles. The summed E-state index contributed by atoms with van der Waals surface area (Å²) in [5.74, 6) is 0. The van der Waals surface area contributed by atoms with Crippen molar-refractivity contribution in [3.63, 3.8) is 0 Å². The SMILES string of the molecule is c1ccc(-n2ncn[n+]2-c2ccccc2)cc1. The van der Waals surface area contributed by atoms with Crippen molar-refractivity contribution in [2.75, 3.05) is 0 Å². The van der Waals surface area contributed by atoms with Crippen LogP contribution in [-0.2, 0) is 0 Å². The van der Waals surface area contributed by atoms with E-state index in [1.54, 1.807) is 15.9 Å². The van der Waals surface area contributed by atoms with Gasteiger partial charge in [0.1, 0.15) is 5.69 Å². The molecule has 0 radical (unpaired) electrons. The third-order valence-electron chi connectivity index (χ3n) is 2.48. The van der Waals surface area contributed by atoms with E-state index in [2.05, 4.69) is 10.2 Å². The van der Waals surface area contributed by atoms with Crippen LogP contribution in [0.1, 0.15) is 0 Å². The summed E-state index contributed by atoms with van der Waals surface area (Å²) >= 11 is 0. The van der Waals surface area contributed by atoms with Crippen molar-refractivity contribution in [3.05, 3.63) is 67.0 Å². The molecule has 0 saturated heterocycles. The number of tetrazole rings is 1. The van der Waals surface area contributed by atoms with E-state index >= 15 is 0 Å². The van der Waals surface area contributed by atoms with E-state index in [4.69, 9.17) is 0 Å². The van der Waals surface area contributed by atoms with E-state index in [1.165, 1.54) is 0 Å². The summed E-state index contributed by atoms with van der Waals surface area (Å²) in [4.78, 5) is 3.52. The predicted molar refractivity (Wildman–Crippen MR) is 62.9 cm³/mol. The van der Waals surface area contributed by atoms with Gasteiger partial charge in [0.05, 0.1) is 5.10 Å². The topological polar surface area (TPSA) is 34.6 Å². The molecule has 0 bridgehead atoms. The van der Waals surface area contributed by atoms with Gasteiger partial charge in [-0.3, -0.25) is 0 Å². The maximum Gasteiger partial charge on any atom is 0.297 e. The molecule has 0 unspecified atom stereocenters. The van der Waals surface area contributed by atoms with Crippen LogP contribution in [0.15, 0.2) is 67.0 Å². The Labute approximate surface area is 98.7 Å². The summed E-state index contributed by atoms with van der Waals surface area (Å²) in [5.41, 5.74) is 1.96. The van der Waals surface area contributed by atoms with Crippen LogP contribution >= 0.6 is 0 Å². The fourth-order valence-corrected chi connectivity index (χ4v) is 1.69. The first-order chi connectivity index (χ1) is 8.45. The predicted octanol–water partition coefficient (Wildman–Crippen LogP) is 1.54. The van der Waals surface area contributed by atoms with E-state index in [9.17, 15) is 0 Å². The fourth-order valence-electron chi connectivity index (χ4n) is 1.69. The number of aromatic nitrogens is 4. The molecule has 1 heterocycles. The maximum atomic E-state index is 4.23. The number of para-hydroxylation sites is 2. The Balaban J connectivity index is 2.13. The van der Waals surface area contributed by atoms with Gasteiger partial charge in [0.25, 0.3) is 6.33 Å². The van der Waals surface area contributed by atoms with Gasteiger partial charge in [-0.2, -0.15) is 0 Å². The van der Waals surface area contributed by atoms with E-state index < -0.39 is 0 Å². The van der Waals surface area contributed by atoms with Crippen LogP contribution in [0.5, 0.6) is 0 Å². The second-order valence-corrected chi connectivity index (χ2v) is 3.60. The average Bonchev–Trinajstić information content (AvgIpc) is 2.90. The van der Waals surface area contributed by atoms with Crippen molar-refractivity contribution >= 4 is 0 Å². The number of rotatable bonds is 2. The van der Waals surface area contributed by atoms with Crippen LogP contribution < -0.4 is 4.80 Å². The van der Waals surface area contributed by atoms with Gasteiger partial charge in [-0.1, -0.05) is 36.4 Å². The van der Waals surface area contributed by atoms with E-state index in [-0.39, 0.29) is 0 Å². The molecule has 0 spiro atoms. The van der Waals surface area contributed by atoms with Crippen molar-refractivity contribution in [2.24, 2.45) is 0 Å². The molecule has 0 aliphatic carbocycles. The molecular weight excluding hydrogens is 212 g/mol. The fraction of sp³-hybridized carbons (Fsp3) is 0. The zero-order chi connectivity index (χ0) is 11.5. The van der Waals surface area contributed by atoms with Crippen LogP contribution in [0, 0.1) is 0 Å². The third-order valence-corrected chi connectivity index (χ3v) is 2.48. The van der Waals surface area contributed by atoms with Gasteiger partial charge in [0.15, 0.2) is 5.69 Å². The summed E-state index contributed by atoms with van der Waals surface area (Å²) < 4.78 is 0. The normalized spacial score (nSPS) is 10.4. The van der Waals surface area contributed by atoms with Gasteiger partial charge in [-0.15, -0.1) is 0 Å². The first-order valence-corrected chi connectivity index (χ1v) is 5.38. The highest BCUT2D eigenvalue weighted by Gasteiger charge is 2.14. The zero-order valence-electron chi connectivity index (χ0n) is 9.14. The molecule has 2 aromatic carbocycles. The maximum absolute atomic E-state index is 4.23. The summed E-state index contributed by atoms with van der Waals surface area (Å²) in [6.07, 6.45) is 1.54. The van der Waals surface area contributed by atoms with Crippen molar-refractivity contribution in [1.82, 2.24) is 15.0 Å². The second kappa shape index (κ2) is 4.17. The molecule has 0 N–H and O–H groups in total. The molecule has 17 heavy (non-hydrogen) atoms. The minimum absolute atomic E-state index is 0.980. The first kappa shape index (κ1) is 9.72. The molecule has 0 amide bonds.